The second kappa shape index (κ2) is 9.49. The predicted molar refractivity (Wildman–Crippen MR) is 129 cm³/mol. The molecule has 0 aliphatic carbocycles. The van der Waals surface area contributed by atoms with E-state index in [4.69, 9.17) is 4.74 Å². The number of Topliss-reactive ketones (excluding diaryl/α,β-unsaturated/α-hetero) is 1. The molecule has 1 N–H and O–H groups in total. The summed E-state index contributed by atoms with van der Waals surface area (Å²) in [4.78, 5) is 41.2. The lowest BCUT2D eigenvalue weighted by atomic mass is 9.93. The van der Waals surface area contributed by atoms with Crippen molar-refractivity contribution in [3.63, 3.8) is 0 Å². The molecule has 1 heterocycles. The first kappa shape index (κ1) is 23.2. The molecular formula is C27H26N2O5. The van der Waals surface area contributed by atoms with Crippen molar-refractivity contribution in [3.8, 4) is 5.75 Å². The average molecular weight is 459 g/mol. The van der Waals surface area contributed by atoms with Crippen LogP contribution >= 0.6 is 0 Å². The van der Waals surface area contributed by atoms with Gasteiger partial charge >= 0.3 is 5.97 Å². The molecule has 1 atom stereocenters. The van der Waals surface area contributed by atoms with E-state index in [9.17, 15) is 19.5 Å². The van der Waals surface area contributed by atoms with Crippen LogP contribution in [0, 0.1) is 0 Å². The van der Waals surface area contributed by atoms with Crippen molar-refractivity contribution in [2.75, 3.05) is 27.2 Å². The Bertz CT molecular complexity index is 1310. The number of ketones is 1. The highest BCUT2D eigenvalue weighted by Crippen LogP contribution is 2.41. The van der Waals surface area contributed by atoms with Gasteiger partial charge in [-0.05, 0) is 42.6 Å². The lowest BCUT2D eigenvalue weighted by Gasteiger charge is -2.27. The number of ether oxygens (including phenoxy) is 1. The Morgan fingerprint density at radius 3 is 2.47 bits per heavy atom. The van der Waals surface area contributed by atoms with Crippen molar-refractivity contribution >= 4 is 34.2 Å². The highest BCUT2D eigenvalue weighted by molar-refractivity contribution is 6.46. The third-order valence-electron chi connectivity index (χ3n) is 5.81. The Labute approximate surface area is 197 Å². The van der Waals surface area contributed by atoms with Gasteiger partial charge in [0.2, 0.25) is 0 Å². The standard InChI is InChI=1S/C27H26N2O5/c1-17(30)34-20-11-6-10-19(16-20)24-23(26(32)27(33)29(24)15-14-28(2)3)25(31)22-13-7-9-18-8-4-5-12-21(18)22/h4-13,16,24,31H,14-15H2,1-3H3/b25-23-. The van der Waals surface area contributed by atoms with E-state index >= 15 is 0 Å². The summed E-state index contributed by atoms with van der Waals surface area (Å²) >= 11 is 0. The molecule has 7 heteroatoms. The molecule has 0 spiro atoms. The van der Waals surface area contributed by atoms with Crippen LogP contribution in [0.2, 0.25) is 0 Å². The summed E-state index contributed by atoms with van der Waals surface area (Å²) < 4.78 is 5.23. The van der Waals surface area contributed by atoms with Gasteiger partial charge in [-0.3, -0.25) is 14.4 Å². The van der Waals surface area contributed by atoms with Crippen molar-refractivity contribution in [1.29, 1.82) is 0 Å². The van der Waals surface area contributed by atoms with E-state index in [2.05, 4.69) is 0 Å². The maximum Gasteiger partial charge on any atom is 0.308 e. The molecule has 174 valence electrons. The Morgan fingerprint density at radius 2 is 1.74 bits per heavy atom. The zero-order valence-electron chi connectivity index (χ0n) is 19.3. The maximum absolute atomic E-state index is 13.2. The topological polar surface area (TPSA) is 87.1 Å². The van der Waals surface area contributed by atoms with E-state index < -0.39 is 23.7 Å². The van der Waals surface area contributed by atoms with E-state index in [1.807, 2.05) is 49.3 Å². The van der Waals surface area contributed by atoms with Gasteiger partial charge in [0, 0.05) is 25.6 Å². The minimum atomic E-state index is -0.825. The molecule has 1 amide bonds. The van der Waals surface area contributed by atoms with Crippen LogP contribution in [0.15, 0.2) is 72.3 Å². The minimum absolute atomic E-state index is 0.0140. The van der Waals surface area contributed by atoms with Gasteiger partial charge in [0.05, 0.1) is 11.6 Å². The molecule has 4 rings (SSSR count). The number of hydrogen-bond donors (Lipinski definition) is 1. The van der Waals surface area contributed by atoms with E-state index in [1.54, 1.807) is 36.4 Å². The molecule has 0 radical (unpaired) electrons. The fourth-order valence-corrected chi connectivity index (χ4v) is 4.26. The number of nitrogens with zero attached hydrogens (tertiary/aromatic N) is 2. The summed E-state index contributed by atoms with van der Waals surface area (Å²) in [7, 11) is 3.76. The summed E-state index contributed by atoms with van der Waals surface area (Å²) in [5, 5.41) is 13.1. The number of benzene rings is 3. The van der Waals surface area contributed by atoms with Gasteiger partial charge in [0.1, 0.15) is 11.5 Å². The first-order valence-electron chi connectivity index (χ1n) is 11.0. The molecule has 1 fully saturated rings. The number of aliphatic hydroxyl groups is 1. The minimum Gasteiger partial charge on any atom is -0.507 e. The number of rotatable bonds is 6. The normalized spacial score (nSPS) is 17.5. The highest BCUT2D eigenvalue weighted by Gasteiger charge is 2.46. The number of likely N-dealkylation sites (tertiary alicyclic amines) is 1. The average Bonchev–Trinajstić information content (AvgIpc) is 3.06. The SMILES string of the molecule is CC(=O)Oc1cccc(C2/C(=C(/O)c3cccc4ccccc34)C(=O)C(=O)N2CCN(C)C)c1. The molecule has 1 saturated heterocycles. The fraction of sp³-hybridized carbons (Fsp3) is 0.222. The van der Waals surface area contributed by atoms with Crippen LogP contribution in [0.3, 0.4) is 0 Å². The molecule has 1 aliphatic heterocycles. The van der Waals surface area contributed by atoms with Crippen LogP contribution < -0.4 is 4.74 Å². The summed E-state index contributed by atoms with van der Waals surface area (Å²) in [6, 6.07) is 18.9. The molecule has 1 unspecified atom stereocenters. The summed E-state index contributed by atoms with van der Waals surface area (Å²) in [5.41, 5.74) is 1.06. The van der Waals surface area contributed by atoms with Crippen LogP contribution in [-0.4, -0.2) is 59.8 Å². The van der Waals surface area contributed by atoms with E-state index in [-0.39, 0.29) is 17.9 Å². The number of amides is 1. The van der Waals surface area contributed by atoms with Crippen LogP contribution in [0.4, 0.5) is 0 Å². The summed E-state index contributed by atoms with van der Waals surface area (Å²) in [5.74, 6) is -1.83. The zero-order chi connectivity index (χ0) is 24.4. The molecule has 3 aromatic rings. The number of esters is 1. The predicted octanol–water partition coefficient (Wildman–Crippen LogP) is 3.75. The number of carbonyl (C=O) groups excluding carboxylic acids is 3. The molecule has 3 aromatic carbocycles. The van der Waals surface area contributed by atoms with Gasteiger partial charge in [0.15, 0.2) is 0 Å². The number of likely N-dealkylation sites (N-methyl/N-ethyl adjacent to an activating group) is 1. The van der Waals surface area contributed by atoms with E-state index in [0.29, 0.717) is 23.4 Å². The largest absolute Gasteiger partial charge is 0.507 e. The van der Waals surface area contributed by atoms with Crippen molar-refractivity contribution in [2.45, 2.75) is 13.0 Å². The molecular weight excluding hydrogens is 432 g/mol. The van der Waals surface area contributed by atoms with Crippen molar-refractivity contribution < 1.29 is 24.2 Å². The first-order valence-corrected chi connectivity index (χ1v) is 11.0. The fourth-order valence-electron chi connectivity index (χ4n) is 4.26. The van der Waals surface area contributed by atoms with Crippen molar-refractivity contribution in [2.24, 2.45) is 0 Å². The smallest absolute Gasteiger partial charge is 0.308 e. The van der Waals surface area contributed by atoms with Gasteiger partial charge in [-0.25, -0.2) is 0 Å². The maximum atomic E-state index is 13.2. The summed E-state index contributed by atoms with van der Waals surface area (Å²) in [6.07, 6.45) is 0. The Balaban J connectivity index is 1.91. The molecule has 1 aliphatic rings. The number of hydrogen-bond acceptors (Lipinski definition) is 6. The first-order chi connectivity index (χ1) is 16.3. The third kappa shape index (κ3) is 4.43. The lowest BCUT2D eigenvalue weighted by Crippen LogP contribution is -2.35. The van der Waals surface area contributed by atoms with Gasteiger partial charge in [-0.2, -0.15) is 0 Å². The van der Waals surface area contributed by atoms with E-state index in [1.165, 1.54) is 11.8 Å². The van der Waals surface area contributed by atoms with Gasteiger partial charge in [-0.1, -0.05) is 54.6 Å². The Hall–Kier alpha value is -3.97. The van der Waals surface area contributed by atoms with Gasteiger partial charge in [0.25, 0.3) is 11.7 Å². The van der Waals surface area contributed by atoms with Crippen molar-refractivity contribution in [1.82, 2.24) is 9.80 Å². The monoisotopic (exact) mass is 458 g/mol. The van der Waals surface area contributed by atoms with Crippen LogP contribution in [-0.2, 0) is 14.4 Å². The highest BCUT2D eigenvalue weighted by atomic mass is 16.5. The lowest BCUT2D eigenvalue weighted by molar-refractivity contribution is -0.140. The molecule has 0 bridgehead atoms. The second-order valence-corrected chi connectivity index (χ2v) is 8.49. The van der Waals surface area contributed by atoms with E-state index in [0.717, 1.165) is 10.8 Å². The Kier molecular flexibility index (Phi) is 6.47. The quantitative estimate of drug-likeness (QED) is 0.199. The number of aliphatic hydroxyl groups excluding tert-OH is 1. The Morgan fingerprint density at radius 1 is 1.03 bits per heavy atom. The van der Waals surface area contributed by atoms with Gasteiger partial charge < -0.3 is 19.6 Å². The number of carbonyl (C=O) groups is 3. The van der Waals surface area contributed by atoms with Crippen LogP contribution in [0.1, 0.15) is 24.1 Å². The molecule has 0 saturated carbocycles. The van der Waals surface area contributed by atoms with Crippen LogP contribution in [0.5, 0.6) is 5.75 Å². The summed E-state index contributed by atoms with van der Waals surface area (Å²) in [6.45, 7) is 2.12. The second-order valence-electron chi connectivity index (χ2n) is 8.49. The zero-order valence-corrected chi connectivity index (χ0v) is 19.3. The molecule has 7 nitrogen and oxygen atoms in total. The third-order valence-corrected chi connectivity index (χ3v) is 5.81. The van der Waals surface area contributed by atoms with Crippen molar-refractivity contribution in [3.05, 3.63) is 83.4 Å². The number of fused-ring (bicyclic) bond motifs is 1. The van der Waals surface area contributed by atoms with Gasteiger partial charge in [-0.15, -0.1) is 0 Å². The molecule has 34 heavy (non-hydrogen) atoms. The molecule has 0 aromatic heterocycles. The van der Waals surface area contributed by atoms with Crippen LogP contribution in [0.25, 0.3) is 16.5 Å².